The van der Waals surface area contributed by atoms with E-state index in [9.17, 15) is 4.79 Å². The molecule has 1 aromatic heterocycles. The number of hydrogen-bond donors (Lipinski definition) is 1. The van der Waals surface area contributed by atoms with Crippen molar-refractivity contribution in [3.8, 4) is 22.9 Å². The molecule has 0 amide bonds. The molecule has 84 valence electrons. The van der Waals surface area contributed by atoms with Crippen LogP contribution in [0.4, 0.5) is 0 Å². The number of nitrogens with zero attached hydrogens (tertiary/aromatic N) is 1. The number of nitriles is 1. The molecule has 1 aromatic carbocycles. The number of aromatic amines is 1. The second-order valence-electron chi connectivity index (χ2n) is 3.44. The number of benzene rings is 1. The monoisotopic (exact) mass is 226 g/mol. The van der Waals surface area contributed by atoms with E-state index in [-0.39, 0.29) is 11.1 Å². The van der Waals surface area contributed by atoms with Crippen LogP contribution in [0, 0.1) is 11.3 Å². The van der Waals surface area contributed by atoms with E-state index in [0.717, 1.165) is 11.3 Å². The van der Waals surface area contributed by atoms with Gasteiger partial charge in [-0.25, -0.2) is 0 Å². The quantitative estimate of drug-likeness (QED) is 0.850. The molecule has 0 aliphatic rings. The predicted octanol–water partition coefficient (Wildman–Crippen LogP) is 1.92. The SMILES string of the molecule is COc1ccc(-c2cc[nH]c(=O)c2C#N)cc1. The van der Waals surface area contributed by atoms with Crippen molar-refractivity contribution in [2.45, 2.75) is 0 Å². The van der Waals surface area contributed by atoms with Gasteiger partial charge >= 0.3 is 0 Å². The molecule has 17 heavy (non-hydrogen) atoms. The van der Waals surface area contributed by atoms with E-state index in [1.807, 2.05) is 18.2 Å². The van der Waals surface area contributed by atoms with E-state index in [1.165, 1.54) is 6.20 Å². The van der Waals surface area contributed by atoms with Crippen LogP contribution in [0.25, 0.3) is 11.1 Å². The van der Waals surface area contributed by atoms with Gasteiger partial charge in [-0.15, -0.1) is 0 Å². The van der Waals surface area contributed by atoms with E-state index < -0.39 is 0 Å². The molecule has 0 aliphatic carbocycles. The van der Waals surface area contributed by atoms with Crippen molar-refractivity contribution in [2.24, 2.45) is 0 Å². The molecule has 0 atom stereocenters. The third kappa shape index (κ3) is 2.04. The zero-order valence-electron chi connectivity index (χ0n) is 9.23. The van der Waals surface area contributed by atoms with Crippen molar-refractivity contribution >= 4 is 0 Å². The number of pyridine rings is 1. The minimum Gasteiger partial charge on any atom is -0.497 e. The fourth-order valence-corrected chi connectivity index (χ4v) is 1.60. The summed E-state index contributed by atoms with van der Waals surface area (Å²) in [5, 5.41) is 8.97. The summed E-state index contributed by atoms with van der Waals surface area (Å²) >= 11 is 0. The summed E-state index contributed by atoms with van der Waals surface area (Å²) < 4.78 is 5.05. The van der Waals surface area contributed by atoms with Gasteiger partial charge in [0, 0.05) is 11.8 Å². The van der Waals surface area contributed by atoms with Crippen molar-refractivity contribution < 1.29 is 4.74 Å². The third-order valence-electron chi connectivity index (χ3n) is 2.47. The third-order valence-corrected chi connectivity index (χ3v) is 2.47. The second-order valence-corrected chi connectivity index (χ2v) is 3.44. The van der Waals surface area contributed by atoms with E-state index in [2.05, 4.69) is 4.98 Å². The first-order valence-electron chi connectivity index (χ1n) is 5.02. The van der Waals surface area contributed by atoms with E-state index in [1.54, 1.807) is 25.3 Å². The largest absolute Gasteiger partial charge is 0.497 e. The Balaban J connectivity index is 2.57. The van der Waals surface area contributed by atoms with Crippen LogP contribution in [-0.2, 0) is 0 Å². The van der Waals surface area contributed by atoms with Gasteiger partial charge < -0.3 is 9.72 Å². The molecular formula is C13H10N2O2. The Morgan fingerprint density at radius 2 is 1.94 bits per heavy atom. The van der Waals surface area contributed by atoms with E-state index >= 15 is 0 Å². The van der Waals surface area contributed by atoms with Crippen LogP contribution in [0.1, 0.15) is 5.56 Å². The van der Waals surface area contributed by atoms with Gasteiger partial charge in [0.15, 0.2) is 0 Å². The molecule has 0 spiro atoms. The fraction of sp³-hybridized carbons (Fsp3) is 0.0769. The lowest BCUT2D eigenvalue weighted by Crippen LogP contribution is -2.10. The predicted molar refractivity (Wildman–Crippen MR) is 63.8 cm³/mol. The van der Waals surface area contributed by atoms with Crippen LogP contribution >= 0.6 is 0 Å². The topological polar surface area (TPSA) is 65.9 Å². The fourth-order valence-electron chi connectivity index (χ4n) is 1.60. The molecule has 4 nitrogen and oxygen atoms in total. The molecule has 0 aliphatic heterocycles. The maximum atomic E-state index is 11.5. The van der Waals surface area contributed by atoms with E-state index in [4.69, 9.17) is 10.00 Å². The van der Waals surface area contributed by atoms with Gasteiger partial charge in [-0.1, -0.05) is 12.1 Å². The number of nitrogens with one attached hydrogen (secondary N) is 1. The first-order chi connectivity index (χ1) is 8.26. The minimum absolute atomic E-state index is 0.123. The molecular weight excluding hydrogens is 216 g/mol. The van der Waals surface area contributed by atoms with Crippen molar-refractivity contribution in [3.05, 3.63) is 52.4 Å². The molecule has 1 heterocycles. The van der Waals surface area contributed by atoms with Gasteiger partial charge in [0.05, 0.1) is 7.11 Å². The first kappa shape index (κ1) is 11.0. The van der Waals surface area contributed by atoms with Crippen LogP contribution in [0.15, 0.2) is 41.3 Å². The molecule has 1 N–H and O–H groups in total. The Bertz CT molecular complexity index is 621. The minimum atomic E-state index is -0.374. The van der Waals surface area contributed by atoms with Gasteiger partial charge in [-0.3, -0.25) is 4.79 Å². The molecule has 0 saturated carbocycles. The Hall–Kier alpha value is -2.54. The highest BCUT2D eigenvalue weighted by atomic mass is 16.5. The summed E-state index contributed by atoms with van der Waals surface area (Å²) in [6.45, 7) is 0. The molecule has 0 bridgehead atoms. The maximum absolute atomic E-state index is 11.5. The Labute approximate surface area is 98.1 Å². The number of rotatable bonds is 2. The van der Waals surface area contributed by atoms with Gasteiger partial charge in [0.1, 0.15) is 17.4 Å². The lowest BCUT2D eigenvalue weighted by molar-refractivity contribution is 0.415. The summed E-state index contributed by atoms with van der Waals surface area (Å²) in [6, 6.07) is 10.8. The van der Waals surface area contributed by atoms with Crippen LogP contribution < -0.4 is 10.3 Å². The molecule has 2 rings (SSSR count). The molecule has 4 heteroatoms. The lowest BCUT2D eigenvalue weighted by Gasteiger charge is -2.04. The van der Waals surface area contributed by atoms with Crippen LogP contribution in [0.2, 0.25) is 0 Å². The van der Waals surface area contributed by atoms with Crippen molar-refractivity contribution in [2.75, 3.05) is 7.11 Å². The molecule has 0 fully saturated rings. The number of methoxy groups -OCH3 is 1. The molecule has 0 radical (unpaired) electrons. The highest BCUT2D eigenvalue weighted by molar-refractivity contribution is 5.70. The number of ether oxygens (including phenoxy) is 1. The first-order valence-corrected chi connectivity index (χ1v) is 5.02. The average Bonchev–Trinajstić information content (AvgIpc) is 2.38. The highest BCUT2D eigenvalue weighted by Crippen LogP contribution is 2.23. The van der Waals surface area contributed by atoms with Gasteiger partial charge in [0.25, 0.3) is 5.56 Å². The smallest absolute Gasteiger partial charge is 0.266 e. The maximum Gasteiger partial charge on any atom is 0.266 e. The summed E-state index contributed by atoms with van der Waals surface area (Å²) in [6.07, 6.45) is 1.53. The number of H-pyrrole nitrogens is 1. The number of hydrogen-bond acceptors (Lipinski definition) is 3. The highest BCUT2D eigenvalue weighted by Gasteiger charge is 2.08. The normalized spacial score (nSPS) is 9.65. The summed E-state index contributed by atoms with van der Waals surface area (Å²) in [7, 11) is 1.59. The number of aromatic nitrogens is 1. The summed E-state index contributed by atoms with van der Waals surface area (Å²) in [5.74, 6) is 0.733. The second kappa shape index (κ2) is 4.54. The average molecular weight is 226 g/mol. The Morgan fingerprint density at radius 3 is 2.53 bits per heavy atom. The summed E-state index contributed by atoms with van der Waals surface area (Å²) in [5.41, 5.74) is 1.19. The van der Waals surface area contributed by atoms with Crippen LogP contribution in [-0.4, -0.2) is 12.1 Å². The van der Waals surface area contributed by atoms with Crippen molar-refractivity contribution in [1.82, 2.24) is 4.98 Å². The summed E-state index contributed by atoms with van der Waals surface area (Å²) in [4.78, 5) is 13.9. The van der Waals surface area contributed by atoms with Crippen LogP contribution in [0.5, 0.6) is 5.75 Å². The molecule has 0 saturated heterocycles. The van der Waals surface area contributed by atoms with Gasteiger partial charge in [-0.2, -0.15) is 5.26 Å². The lowest BCUT2D eigenvalue weighted by atomic mass is 10.0. The van der Waals surface area contributed by atoms with E-state index in [0.29, 0.717) is 5.56 Å². The Morgan fingerprint density at radius 1 is 1.24 bits per heavy atom. The van der Waals surface area contributed by atoms with Crippen molar-refractivity contribution in [3.63, 3.8) is 0 Å². The Kier molecular flexibility index (Phi) is 2.93. The standard InChI is InChI=1S/C13H10N2O2/c1-17-10-4-2-9(3-5-10)11-6-7-15-13(16)12(11)8-14/h2-7H,1H3,(H,15,16). The zero-order chi connectivity index (χ0) is 12.3. The van der Waals surface area contributed by atoms with Gasteiger partial charge in [0.2, 0.25) is 0 Å². The van der Waals surface area contributed by atoms with Crippen molar-refractivity contribution in [1.29, 1.82) is 5.26 Å². The molecule has 0 unspecified atom stereocenters. The molecule has 2 aromatic rings. The van der Waals surface area contributed by atoms with Crippen LogP contribution in [0.3, 0.4) is 0 Å². The van der Waals surface area contributed by atoms with Gasteiger partial charge in [-0.05, 0) is 23.8 Å². The zero-order valence-corrected chi connectivity index (χ0v) is 9.23.